The summed E-state index contributed by atoms with van der Waals surface area (Å²) in [5.41, 5.74) is 1.40. The summed E-state index contributed by atoms with van der Waals surface area (Å²) in [5, 5.41) is 1.16. The summed E-state index contributed by atoms with van der Waals surface area (Å²) in [6.07, 6.45) is 0.762. The van der Waals surface area contributed by atoms with E-state index in [2.05, 4.69) is 0 Å². The normalized spacial score (nSPS) is 13.3. The predicted molar refractivity (Wildman–Crippen MR) is 94.3 cm³/mol. The van der Waals surface area contributed by atoms with E-state index >= 15 is 0 Å². The van der Waals surface area contributed by atoms with Gasteiger partial charge in [-0.3, -0.25) is 4.79 Å². The Hall–Kier alpha value is -2.30. The molecule has 0 saturated heterocycles. The average molecular weight is 360 g/mol. The summed E-state index contributed by atoms with van der Waals surface area (Å²) < 4.78 is 5.25. The van der Waals surface area contributed by atoms with Crippen molar-refractivity contribution in [2.45, 2.75) is 6.42 Å². The van der Waals surface area contributed by atoms with Crippen molar-refractivity contribution >= 4 is 45.8 Å². The first kappa shape index (κ1) is 15.2. The Morgan fingerprint density at radius 1 is 1.12 bits per heavy atom. The Morgan fingerprint density at radius 3 is 2.75 bits per heavy atom. The van der Waals surface area contributed by atoms with Crippen molar-refractivity contribution in [3.63, 3.8) is 0 Å². The molecule has 0 aliphatic carbocycles. The van der Waals surface area contributed by atoms with E-state index in [9.17, 15) is 9.59 Å². The third-order valence-electron chi connectivity index (χ3n) is 4.11. The van der Waals surface area contributed by atoms with Crippen LogP contribution in [-0.2, 0) is 6.42 Å². The van der Waals surface area contributed by atoms with Crippen molar-refractivity contribution in [3.8, 4) is 0 Å². The Morgan fingerprint density at radius 2 is 1.92 bits per heavy atom. The van der Waals surface area contributed by atoms with Crippen molar-refractivity contribution in [1.29, 1.82) is 0 Å². The van der Waals surface area contributed by atoms with E-state index in [1.54, 1.807) is 11.0 Å². The Balaban J connectivity index is 1.84. The maximum absolute atomic E-state index is 12.8. The number of benzene rings is 2. The zero-order chi connectivity index (χ0) is 16.8. The molecule has 0 bridgehead atoms. The van der Waals surface area contributed by atoms with E-state index < -0.39 is 5.63 Å². The smallest absolute Gasteiger partial charge is 0.349 e. The lowest BCUT2D eigenvalue weighted by Gasteiger charge is -2.16. The molecule has 1 aliphatic heterocycles. The van der Waals surface area contributed by atoms with Gasteiger partial charge in [-0.1, -0.05) is 41.4 Å². The maximum Gasteiger partial charge on any atom is 0.349 e. The largest absolute Gasteiger partial charge is 0.421 e. The third-order valence-corrected chi connectivity index (χ3v) is 4.61. The highest BCUT2D eigenvalue weighted by Gasteiger charge is 2.27. The molecular weight excluding hydrogens is 349 g/mol. The van der Waals surface area contributed by atoms with E-state index in [4.69, 9.17) is 27.6 Å². The van der Waals surface area contributed by atoms with Gasteiger partial charge in [0.2, 0.25) is 0 Å². The first-order valence-electron chi connectivity index (χ1n) is 7.37. The molecule has 0 saturated carbocycles. The summed E-state index contributed by atoms with van der Waals surface area (Å²) in [5.74, 6) is -0.383. The van der Waals surface area contributed by atoms with Crippen LogP contribution >= 0.6 is 23.2 Å². The highest BCUT2D eigenvalue weighted by Crippen LogP contribution is 2.30. The maximum atomic E-state index is 12.8. The zero-order valence-electron chi connectivity index (χ0n) is 12.4. The topological polar surface area (TPSA) is 50.5 Å². The van der Waals surface area contributed by atoms with Crippen LogP contribution in [0.3, 0.4) is 0 Å². The van der Waals surface area contributed by atoms with Gasteiger partial charge in [-0.2, -0.15) is 0 Å². The molecule has 0 spiro atoms. The summed E-state index contributed by atoms with van der Waals surface area (Å²) in [6, 6.07) is 12.2. The number of anilines is 1. The standard InChI is InChI=1S/C18H11Cl2NO3/c19-12-7-11-8-13(18(23)24-16(11)14(20)9-12)17(22)21-6-5-10-3-1-2-4-15(10)21/h1-4,7-9H,5-6H2. The van der Waals surface area contributed by atoms with E-state index in [0.29, 0.717) is 17.0 Å². The van der Waals surface area contributed by atoms with Gasteiger partial charge in [-0.05, 0) is 36.2 Å². The highest BCUT2D eigenvalue weighted by molar-refractivity contribution is 6.38. The lowest BCUT2D eigenvalue weighted by atomic mass is 10.1. The average Bonchev–Trinajstić information content (AvgIpc) is 2.98. The summed E-state index contributed by atoms with van der Waals surface area (Å²) in [6.45, 7) is 0.534. The quantitative estimate of drug-likeness (QED) is 0.608. The van der Waals surface area contributed by atoms with Gasteiger partial charge in [-0.25, -0.2) is 4.79 Å². The number of hydrogen-bond acceptors (Lipinski definition) is 3. The lowest BCUT2D eigenvalue weighted by molar-refractivity contribution is 0.0986. The molecule has 2 heterocycles. The van der Waals surface area contributed by atoms with Gasteiger partial charge in [0.1, 0.15) is 5.56 Å². The van der Waals surface area contributed by atoms with Gasteiger partial charge in [0.05, 0.1) is 5.02 Å². The molecule has 0 unspecified atom stereocenters. The molecule has 0 radical (unpaired) electrons. The van der Waals surface area contributed by atoms with Crippen LogP contribution in [-0.4, -0.2) is 12.5 Å². The van der Waals surface area contributed by atoms with Crippen LogP contribution in [0.1, 0.15) is 15.9 Å². The number of carbonyl (C=O) groups excluding carboxylic acids is 1. The van der Waals surface area contributed by atoms with Gasteiger partial charge >= 0.3 is 5.63 Å². The molecule has 4 nitrogen and oxygen atoms in total. The number of carbonyl (C=O) groups is 1. The molecule has 3 aromatic rings. The lowest BCUT2D eigenvalue weighted by Crippen LogP contribution is -2.32. The van der Waals surface area contributed by atoms with Crippen molar-refractivity contribution in [2.75, 3.05) is 11.4 Å². The Bertz CT molecular complexity index is 1040. The van der Waals surface area contributed by atoms with Crippen molar-refractivity contribution in [1.82, 2.24) is 0 Å². The highest BCUT2D eigenvalue weighted by atomic mass is 35.5. The van der Waals surface area contributed by atoms with Crippen LogP contribution < -0.4 is 10.5 Å². The second kappa shape index (κ2) is 5.65. The van der Waals surface area contributed by atoms with Crippen molar-refractivity contribution in [2.24, 2.45) is 0 Å². The van der Waals surface area contributed by atoms with Gasteiger partial charge in [0.25, 0.3) is 5.91 Å². The first-order valence-corrected chi connectivity index (χ1v) is 8.13. The van der Waals surface area contributed by atoms with E-state index in [1.807, 2.05) is 24.3 Å². The van der Waals surface area contributed by atoms with Crippen molar-refractivity contribution < 1.29 is 9.21 Å². The zero-order valence-corrected chi connectivity index (χ0v) is 13.9. The molecule has 0 atom stereocenters. The third kappa shape index (κ3) is 2.39. The van der Waals surface area contributed by atoms with Crippen LogP contribution in [0.5, 0.6) is 0 Å². The molecule has 1 aliphatic rings. The minimum absolute atomic E-state index is 0.0301. The van der Waals surface area contributed by atoms with Crippen molar-refractivity contribution in [3.05, 3.63) is 74.1 Å². The minimum atomic E-state index is -0.707. The number of rotatable bonds is 1. The van der Waals surface area contributed by atoms with E-state index in [0.717, 1.165) is 17.7 Å². The molecular formula is C18H11Cl2NO3. The molecule has 2 aromatic carbocycles. The van der Waals surface area contributed by atoms with Gasteiger partial charge in [0.15, 0.2) is 5.58 Å². The van der Waals surface area contributed by atoms with Gasteiger partial charge < -0.3 is 9.32 Å². The number of hydrogen-bond donors (Lipinski definition) is 0. The second-order valence-electron chi connectivity index (χ2n) is 5.59. The molecule has 4 rings (SSSR count). The summed E-state index contributed by atoms with van der Waals surface area (Å²) in [7, 11) is 0. The fourth-order valence-electron chi connectivity index (χ4n) is 3.00. The number of amides is 1. The van der Waals surface area contributed by atoms with E-state index in [-0.39, 0.29) is 22.1 Å². The van der Waals surface area contributed by atoms with Crippen LogP contribution in [0.25, 0.3) is 11.0 Å². The molecule has 120 valence electrons. The number of fused-ring (bicyclic) bond motifs is 2. The fourth-order valence-corrected chi connectivity index (χ4v) is 3.55. The fraction of sp³-hybridized carbons (Fsp3) is 0.111. The molecule has 24 heavy (non-hydrogen) atoms. The van der Waals surface area contributed by atoms with Crippen LogP contribution in [0.2, 0.25) is 10.0 Å². The van der Waals surface area contributed by atoms with Crippen LogP contribution in [0.4, 0.5) is 5.69 Å². The minimum Gasteiger partial charge on any atom is -0.421 e. The SMILES string of the molecule is O=C(c1cc2cc(Cl)cc(Cl)c2oc1=O)N1CCc2ccccc21. The number of para-hydroxylation sites is 1. The van der Waals surface area contributed by atoms with E-state index in [1.165, 1.54) is 12.1 Å². The van der Waals surface area contributed by atoms with Gasteiger partial charge in [0, 0.05) is 22.6 Å². The molecule has 1 amide bonds. The molecule has 6 heteroatoms. The molecule has 0 fully saturated rings. The number of halogens is 2. The summed E-state index contributed by atoms with van der Waals surface area (Å²) >= 11 is 12.0. The number of nitrogens with zero attached hydrogens (tertiary/aromatic N) is 1. The Labute approximate surface area is 147 Å². The van der Waals surface area contributed by atoms with Crippen LogP contribution in [0.15, 0.2) is 51.7 Å². The summed E-state index contributed by atoms with van der Waals surface area (Å²) in [4.78, 5) is 26.7. The first-order chi connectivity index (χ1) is 11.5. The monoisotopic (exact) mass is 359 g/mol. The molecule has 1 aromatic heterocycles. The Kier molecular flexibility index (Phi) is 3.59. The second-order valence-corrected chi connectivity index (χ2v) is 6.43. The predicted octanol–water partition coefficient (Wildman–Crippen LogP) is 4.30. The van der Waals surface area contributed by atoms with Gasteiger partial charge in [-0.15, -0.1) is 0 Å². The molecule has 0 N–H and O–H groups in total. The van der Waals surface area contributed by atoms with Crippen LogP contribution in [0, 0.1) is 0 Å².